The van der Waals surface area contributed by atoms with Crippen LogP contribution in [0.25, 0.3) is 11.4 Å². The van der Waals surface area contributed by atoms with Crippen molar-refractivity contribution < 1.29 is 4.74 Å². The van der Waals surface area contributed by atoms with E-state index in [4.69, 9.17) is 4.74 Å². The summed E-state index contributed by atoms with van der Waals surface area (Å²) >= 11 is 0. The highest BCUT2D eigenvalue weighted by atomic mass is 16.5. The Bertz CT molecular complexity index is 477. The van der Waals surface area contributed by atoms with Crippen LogP contribution < -0.4 is 4.74 Å². The summed E-state index contributed by atoms with van der Waals surface area (Å²) in [5, 5.41) is 8.35. The SMILES string of the molecule is COc1ccc(-c2ccc(C(C)C)nn2)nc1. The van der Waals surface area contributed by atoms with Gasteiger partial charge in [0.05, 0.1) is 24.7 Å². The predicted octanol–water partition coefficient (Wildman–Crippen LogP) is 2.67. The summed E-state index contributed by atoms with van der Waals surface area (Å²) in [6.45, 7) is 4.19. The highest BCUT2D eigenvalue weighted by Gasteiger charge is 2.05. The molecule has 0 saturated heterocycles. The van der Waals surface area contributed by atoms with Crippen molar-refractivity contribution in [2.75, 3.05) is 7.11 Å². The van der Waals surface area contributed by atoms with Gasteiger partial charge in [-0.15, -0.1) is 5.10 Å². The molecule has 0 fully saturated rings. The number of methoxy groups -OCH3 is 1. The normalized spacial score (nSPS) is 10.6. The third-order valence-corrected chi connectivity index (χ3v) is 2.51. The molecule has 2 aromatic rings. The molecule has 0 unspecified atom stereocenters. The highest BCUT2D eigenvalue weighted by Crippen LogP contribution is 2.18. The summed E-state index contributed by atoms with van der Waals surface area (Å²) in [6.07, 6.45) is 1.67. The zero-order valence-corrected chi connectivity index (χ0v) is 10.2. The van der Waals surface area contributed by atoms with E-state index < -0.39 is 0 Å². The molecule has 0 aliphatic rings. The van der Waals surface area contributed by atoms with Crippen LogP contribution in [0, 0.1) is 0 Å². The molecule has 4 nitrogen and oxygen atoms in total. The van der Waals surface area contributed by atoms with Crippen molar-refractivity contribution in [1.82, 2.24) is 15.2 Å². The lowest BCUT2D eigenvalue weighted by atomic mass is 10.1. The summed E-state index contributed by atoms with van der Waals surface area (Å²) in [6, 6.07) is 7.66. The Morgan fingerprint density at radius 3 is 2.24 bits per heavy atom. The molecule has 2 aromatic heterocycles. The minimum atomic E-state index is 0.389. The molecule has 0 aromatic carbocycles. The first-order valence-corrected chi connectivity index (χ1v) is 5.54. The minimum absolute atomic E-state index is 0.389. The molecule has 0 atom stereocenters. The lowest BCUT2D eigenvalue weighted by molar-refractivity contribution is 0.413. The van der Waals surface area contributed by atoms with Crippen molar-refractivity contribution in [3.05, 3.63) is 36.2 Å². The van der Waals surface area contributed by atoms with Crippen LogP contribution in [0.2, 0.25) is 0 Å². The van der Waals surface area contributed by atoms with Crippen LogP contribution in [0.4, 0.5) is 0 Å². The fourth-order valence-corrected chi connectivity index (χ4v) is 1.44. The molecule has 0 N–H and O–H groups in total. The van der Waals surface area contributed by atoms with Gasteiger partial charge in [-0.2, -0.15) is 5.10 Å². The quantitative estimate of drug-likeness (QED) is 0.811. The molecular weight excluding hydrogens is 214 g/mol. The second-order valence-corrected chi connectivity index (χ2v) is 4.08. The molecule has 0 spiro atoms. The van der Waals surface area contributed by atoms with Crippen molar-refractivity contribution in [2.24, 2.45) is 0 Å². The average Bonchev–Trinajstić information content (AvgIpc) is 2.39. The molecular formula is C13H15N3O. The predicted molar refractivity (Wildman–Crippen MR) is 65.9 cm³/mol. The fourth-order valence-electron chi connectivity index (χ4n) is 1.44. The van der Waals surface area contributed by atoms with E-state index in [2.05, 4.69) is 29.0 Å². The standard InChI is InChI=1S/C13H15N3O/c1-9(2)11-6-7-13(16-15-11)12-5-4-10(17-3)8-14-12/h4-9H,1-3H3. The number of hydrogen-bond donors (Lipinski definition) is 0. The second kappa shape index (κ2) is 4.91. The molecule has 2 heterocycles. The Balaban J connectivity index is 2.26. The van der Waals surface area contributed by atoms with Gasteiger partial charge in [0.2, 0.25) is 0 Å². The Labute approximate surface area is 101 Å². The lowest BCUT2D eigenvalue weighted by Crippen LogP contribution is -1.97. The summed E-state index contributed by atoms with van der Waals surface area (Å²) < 4.78 is 5.06. The zero-order valence-electron chi connectivity index (χ0n) is 10.2. The first-order valence-electron chi connectivity index (χ1n) is 5.54. The van der Waals surface area contributed by atoms with E-state index in [1.165, 1.54) is 0 Å². The number of nitrogens with zero attached hydrogens (tertiary/aromatic N) is 3. The van der Waals surface area contributed by atoms with Crippen LogP contribution in [0.5, 0.6) is 5.75 Å². The number of hydrogen-bond acceptors (Lipinski definition) is 4. The molecule has 0 radical (unpaired) electrons. The largest absolute Gasteiger partial charge is 0.495 e. The van der Waals surface area contributed by atoms with E-state index in [9.17, 15) is 0 Å². The summed E-state index contributed by atoms with van der Waals surface area (Å²) in [5.41, 5.74) is 2.56. The molecule has 0 saturated carbocycles. The smallest absolute Gasteiger partial charge is 0.137 e. The average molecular weight is 229 g/mol. The van der Waals surface area contributed by atoms with Gasteiger partial charge in [0.25, 0.3) is 0 Å². The minimum Gasteiger partial charge on any atom is -0.495 e. The molecule has 88 valence electrons. The van der Waals surface area contributed by atoms with Crippen LogP contribution in [-0.4, -0.2) is 22.3 Å². The monoisotopic (exact) mass is 229 g/mol. The van der Waals surface area contributed by atoms with Gasteiger partial charge in [0.1, 0.15) is 11.4 Å². The third-order valence-electron chi connectivity index (χ3n) is 2.51. The van der Waals surface area contributed by atoms with Crippen LogP contribution in [0.3, 0.4) is 0 Å². The summed E-state index contributed by atoms with van der Waals surface area (Å²) in [5.74, 6) is 1.13. The second-order valence-electron chi connectivity index (χ2n) is 4.08. The van der Waals surface area contributed by atoms with E-state index in [0.29, 0.717) is 5.92 Å². The Morgan fingerprint density at radius 1 is 1.00 bits per heavy atom. The Morgan fingerprint density at radius 2 is 1.76 bits per heavy atom. The van der Waals surface area contributed by atoms with E-state index in [1.807, 2.05) is 24.3 Å². The van der Waals surface area contributed by atoms with Crippen LogP contribution in [0.15, 0.2) is 30.5 Å². The first kappa shape index (κ1) is 11.5. The number of rotatable bonds is 3. The maximum absolute atomic E-state index is 5.06. The number of aromatic nitrogens is 3. The molecule has 4 heteroatoms. The van der Waals surface area contributed by atoms with Crippen molar-refractivity contribution >= 4 is 0 Å². The van der Waals surface area contributed by atoms with Gasteiger partial charge in [0, 0.05) is 0 Å². The maximum atomic E-state index is 5.06. The molecule has 0 aliphatic carbocycles. The summed E-state index contributed by atoms with van der Waals surface area (Å²) in [4.78, 5) is 4.27. The van der Waals surface area contributed by atoms with E-state index >= 15 is 0 Å². The van der Waals surface area contributed by atoms with Crippen molar-refractivity contribution in [3.63, 3.8) is 0 Å². The van der Waals surface area contributed by atoms with Crippen LogP contribution >= 0.6 is 0 Å². The molecule has 0 aliphatic heterocycles. The topological polar surface area (TPSA) is 47.9 Å². The van der Waals surface area contributed by atoms with Crippen LogP contribution in [-0.2, 0) is 0 Å². The first-order chi connectivity index (χ1) is 8.20. The van der Waals surface area contributed by atoms with Crippen molar-refractivity contribution in [2.45, 2.75) is 19.8 Å². The van der Waals surface area contributed by atoms with Gasteiger partial charge in [-0.25, -0.2) is 0 Å². The Hall–Kier alpha value is -1.97. The fraction of sp³-hybridized carbons (Fsp3) is 0.308. The van der Waals surface area contributed by atoms with E-state index in [0.717, 1.165) is 22.8 Å². The van der Waals surface area contributed by atoms with Gasteiger partial charge in [-0.3, -0.25) is 4.98 Å². The number of ether oxygens (including phenoxy) is 1. The van der Waals surface area contributed by atoms with E-state index in [1.54, 1.807) is 13.3 Å². The van der Waals surface area contributed by atoms with E-state index in [-0.39, 0.29) is 0 Å². The molecule has 2 rings (SSSR count). The van der Waals surface area contributed by atoms with Gasteiger partial charge in [0.15, 0.2) is 0 Å². The summed E-state index contributed by atoms with van der Waals surface area (Å²) in [7, 11) is 1.62. The zero-order chi connectivity index (χ0) is 12.3. The molecule has 0 amide bonds. The molecule has 0 bridgehead atoms. The van der Waals surface area contributed by atoms with Crippen LogP contribution in [0.1, 0.15) is 25.5 Å². The van der Waals surface area contributed by atoms with Crippen molar-refractivity contribution in [3.8, 4) is 17.1 Å². The van der Waals surface area contributed by atoms with Gasteiger partial charge < -0.3 is 4.74 Å². The lowest BCUT2D eigenvalue weighted by Gasteiger charge is -2.04. The Kier molecular flexibility index (Phi) is 3.32. The molecule has 17 heavy (non-hydrogen) atoms. The van der Waals surface area contributed by atoms with Gasteiger partial charge in [-0.05, 0) is 30.2 Å². The number of pyridine rings is 1. The van der Waals surface area contributed by atoms with Gasteiger partial charge >= 0.3 is 0 Å². The maximum Gasteiger partial charge on any atom is 0.137 e. The third kappa shape index (κ3) is 2.58. The van der Waals surface area contributed by atoms with Gasteiger partial charge in [-0.1, -0.05) is 13.8 Å². The highest BCUT2D eigenvalue weighted by molar-refractivity contribution is 5.53. The van der Waals surface area contributed by atoms with Crippen molar-refractivity contribution in [1.29, 1.82) is 0 Å².